The highest BCUT2D eigenvalue weighted by atomic mass is 32.1. The molecule has 2 aromatic rings. The molecule has 0 unspecified atom stereocenters. The van der Waals surface area contributed by atoms with E-state index in [2.05, 4.69) is 41.4 Å². The van der Waals surface area contributed by atoms with Crippen LogP contribution < -0.4 is 15.4 Å². The summed E-state index contributed by atoms with van der Waals surface area (Å²) < 4.78 is 5.58. The van der Waals surface area contributed by atoms with E-state index in [0.29, 0.717) is 25.6 Å². The summed E-state index contributed by atoms with van der Waals surface area (Å²) >= 11 is 1.67. The highest BCUT2D eigenvalue weighted by molar-refractivity contribution is 7.09. The number of hydrogen-bond acceptors (Lipinski definition) is 4. The molecule has 134 valence electrons. The molecule has 0 aliphatic heterocycles. The summed E-state index contributed by atoms with van der Waals surface area (Å²) in [6.07, 6.45) is 2.43. The van der Waals surface area contributed by atoms with Gasteiger partial charge in [-0.05, 0) is 6.07 Å². The number of urea groups is 1. The number of thiazole rings is 1. The Hall–Kier alpha value is -2.34. The van der Waals surface area contributed by atoms with Crippen LogP contribution in [-0.4, -0.2) is 24.2 Å². The number of amides is 2. The molecule has 0 radical (unpaired) electrons. The summed E-state index contributed by atoms with van der Waals surface area (Å²) in [5.74, 6) is 1.20. The predicted octanol–water partition coefficient (Wildman–Crippen LogP) is 3.87. The molecule has 0 bridgehead atoms. The van der Waals surface area contributed by atoms with Gasteiger partial charge in [0.05, 0.1) is 10.7 Å². The number of hydrogen-bond donors (Lipinski definition) is 2. The van der Waals surface area contributed by atoms with Crippen LogP contribution in [0.25, 0.3) is 0 Å². The molecule has 2 amide bonds. The van der Waals surface area contributed by atoms with Gasteiger partial charge in [-0.25, -0.2) is 9.78 Å². The van der Waals surface area contributed by atoms with Crippen LogP contribution in [0, 0.1) is 0 Å². The Kier molecular flexibility index (Phi) is 7.47. The summed E-state index contributed by atoms with van der Waals surface area (Å²) in [6.45, 7) is 9.31. The van der Waals surface area contributed by atoms with Crippen molar-refractivity contribution in [1.29, 1.82) is 0 Å². The molecule has 1 aromatic heterocycles. The van der Waals surface area contributed by atoms with E-state index in [1.165, 1.54) is 0 Å². The van der Waals surface area contributed by atoms with Crippen LogP contribution >= 0.6 is 11.3 Å². The van der Waals surface area contributed by atoms with Crippen LogP contribution in [0.3, 0.4) is 0 Å². The first-order valence-electron chi connectivity index (χ1n) is 8.37. The Morgan fingerprint density at radius 3 is 2.88 bits per heavy atom. The molecule has 0 aliphatic carbocycles. The first-order chi connectivity index (χ1) is 12.1. The number of para-hydroxylation sites is 1. The van der Waals surface area contributed by atoms with E-state index >= 15 is 0 Å². The van der Waals surface area contributed by atoms with Crippen LogP contribution in [0.2, 0.25) is 0 Å². The number of aromatic nitrogens is 1. The number of ether oxygens (including phenoxy) is 1. The Morgan fingerprint density at radius 1 is 1.36 bits per heavy atom. The van der Waals surface area contributed by atoms with E-state index in [-0.39, 0.29) is 6.03 Å². The van der Waals surface area contributed by atoms with Crippen molar-refractivity contribution in [3.05, 3.63) is 58.6 Å². The van der Waals surface area contributed by atoms with Crippen molar-refractivity contribution in [3.8, 4) is 5.75 Å². The molecule has 5 nitrogen and oxygen atoms in total. The molecule has 2 rings (SSSR count). The third kappa shape index (κ3) is 6.23. The molecule has 0 saturated carbocycles. The lowest BCUT2D eigenvalue weighted by molar-refractivity contribution is 0.240. The molecule has 0 spiro atoms. The fourth-order valence-electron chi connectivity index (χ4n) is 2.18. The second kappa shape index (κ2) is 9.84. The number of benzene rings is 1. The minimum atomic E-state index is -0.196. The van der Waals surface area contributed by atoms with Crippen LogP contribution in [0.4, 0.5) is 4.79 Å². The summed E-state index contributed by atoms with van der Waals surface area (Å²) in [6, 6.07) is 7.44. The number of nitrogens with zero attached hydrogens (tertiary/aromatic N) is 1. The van der Waals surface area contributed by atoms with E-state index < -0.39 is 0 Å². The van der Waals surface area contributed by atoms with E-state index in [1.54, 1.807) is 17.4 Å². The molecule has 0 saturated heterocycles. The zero-order valence-electron chi connectivity index (χ0n) is 14.7. The zero-order chi connectivity index (χ0) is 18.1. The second-order valence-corrected chi connectivity index (χ2v) is 6.79. The molecule has 0 aliphatic rings. The van der Waals surface area contributed by atoms with E-state index in [4.69, 9.17) is 4.74 Å². The largest absolute Gasteiger partial charge is 0.489 e. The normalized spacial score (nSPS) is 10.5. The van der Waals surface area contributed by atoms with E-state index in [1.807, 2.05) is 24.3 Å². The lowest BCUT2D eigenvalue weighted by Crippen LogP contribution is -2.36. The molecule has 25 heavy (non-hydrogen) atoms. The van der Waals surface area contributed by atoms with Crippen molar-refractivity contribution in [3.63, 3.8) is 0 Å². The maximum absolute atomic E-state index is 11.9. The number of carbonyl (C=O) groups excluding carboxylic acids is 1. The van der Waals surface area contributed by atoms with E-state index in [0.717, 1.165) is 28.4 Å². The van der Waals surface area contributed by atoms with E-state index in [9.17, 15) is 4.79 Å². The quantitative estimate of drug-likeness (QED) is 0.668. The minimum absolute atomic E-state index is 0.196. The van der Waals surface area contributed by atoms with Crippen molar-refractivity contribution in [2.24, 2.45) is 0 Å². The molecule has 0 fully saturated rings. The first-order valence-corrected chi connectivity index (χ1v) is 9.25. The van der Waals surface area contributed by atoms with Gasteiger partial charge < -0.3 is 15.4 Å². The van der Waals surface area contributed by atoms with Gasteiger partial charge in [-0.2, -0.15) is 0 Å². The van der Waals surface area contributed by atoms with Gasteiger partial charge in [0, 0.05) is 36.4 Å². The first kappa shape index (κ1) is 19.0. The highest BCUT2D eigenvalue weighted by Crippen LogP contribution is 2.19. The topological polar surface area (TPSA) is 63.2 Å². The predicted molar refractivity (Wildman–Crippen MR) is 102 cm³/mol. The molecular formula is C19H25N3O2S. The highest BCUT2D eigenvalue weighted by Gasteiger charge is 2.07. The maximum atomic E-state index is 11.9. The van der Waals surface area contributed by atoms with Crippen LogP contribution in [0.1, 0.15) is 36.0 Å². The Morgan fingerprint density at radius 2 is 2.16 bits per heavy atom. The minimum Gasteiger partial charge on any atom is -0.489 e. The summed E-state index contributed by atoms with van der Waals surface area (Å²) in [5, 5.41) is 8.90. The summed E-state index contributed by atoms with van der Waals surface area (Å²) in [5.41, 5.74) is 1.96. The fraction of sp³-hybridized carbons (Fsp3) is 0.368. The lowest BCUT2D eigenvalue weighted by atomic mass is 10.2. The van der Waals surface area contributed by atoms with Crippen molar-refractivity contribution in [1.82, 2.24) is 15.6 Å². The van der Waals surface area contributed by atoms with Gasteiger partial charge in [-0.3, -0.25) is 0 Å². The van der Waals surface area contributed by atoms with Crippen LogP contribution in [0.15, 0.2) is 42.3 Å². The number of nitrogens with one attached hydrogen (secondary N) is 2. The molecule has 0 atom stereocenters. The van der Waals surface area contributed by atoms with Crippen molar-refractivity contribution in [2.75, 3.05) is 13.2 Å². The standard InChI is InChI=1S/C19H25N3O2S/c1-4-11-24-17-8-6-5-7-15(17)12-21-19(23)20-10-9-16-13-25-18(22-16)14(2)3/h4-8,13-14H,1,9-12H2,2-3H3,(H2,20,21,23). The van der Waals surface area contributed by atoms with Gasteiger partial charge in [0.25, 0.3) is 0 Å². The summed E-state index contributed by atoms with van der Waals surface area (Å²) in [4.78, 5) is 16.5. The van der Waals surface area contributed by atoms with Crippen molar-refractivity contribution < 1.29 is 9.53 Å². The van der Waals surface area contributed by atoms with Gasteiger partial charge >= 0.3 is 6.03 Å². The smallest absolute Gasteiger partial charge is 0.315 e. The third-order valence-corrected chi connectivity index (χ3v) is 4.69. The fourth-order valence-corrected chi connectivity index (χ4v) is 3.05. The van der Waals surface area contributed by atoms with Gasteiger partial charge in [0.1, 0.15) is 12.4 Å². The second-order valence-electron chi connectivity index (χ2n) is 5.90. The Labute approximate surface area is 153 Å². The van der Waals surface area contributed by atoms with Gasteiger partial charge in [0.2, 0.25) is 0 Å². The Bertz CT molecular complexity index is 697. The average Bonchev–Trinajstić information content (AvgIpc) is 3.08. The Balaban J connectivity index is 1.74. The van der Waals surface area contributed by atoms with Crippen LogP contribution in [-0.2, 0) is 13.0 Å². The average molecular weight is 359 g/mol. The zero-order valence-corrected chi connectivity index (χ0v) is 15.6. The lowest BCUT2D eigenvalue weighted by Gasteiger charge is -2.11. The summed E-state index contributed by atoms with van der Waals surface area (Å²) in [7, 11) is 0. The SMILES string of the molecule is C=CCOc1ccccc1CNC(=O)NCCc1csc(C(C)C)n1. The number of carbonyl (C=O) groups is 1. The number of rotatable bonds is 9. The molecule has 1 aromatic carbocycles. The van der Waals surface area contributed by atoms with Gasteiger partial charge in [-0.15, -0.1) is 11.3 Å². The maximum Gasteiger partial charge on any atom is 0.315 e. The van der Waals surface area contributed by atoms with Gasteiger partial charge in [0.15, 0.2) is 0 Å². The third-order valence-electron chi connectivity index (χ3n) is 3.50. The van der Waals surface area contributed by atoms with Crippen LogP contribution in [0.5, 0.6) is 5.75 Å². The molecule has 1 heterocycles. The van der Waals surface area contributed by atoms with Gasteiger partial charge in [-0.1, -0.05) is 44.7 Å². The molecular weight excluding hydrogens is 334 g/mol. The van der Waals surface area contributed by atoms with Crippen molar-refractivity contribution in [2.45, 2.75) is 32.7 Å². The monoisotopic (exact) mass is 359 g/mol. The molecule has 6 heteroatoms. The molecule has 2 N–H and O–H groups in total. The van der Waals surface area contributed by atoms with Crippen molar-refractivity contribution >= 4 is 17.4 Å².